The molecule has 0 aliphatic heterocycles. The lowest BCUT2D eigenvalue weighted by Crippen LogP contribution is -2.04. The highest BCUT2D eigenvalue weighted by molar-refractivity contribution is 9.10. The second-order valence-electron chi connectivity index (χ2n) is 4.31. The van der Waals surface area contributed by atoms with Gasteiger partial charge in [-0.2, -0.15) is 0 Å². The van der Waals surface area contributed by atoms with Gasteiger partial charge in [0.1, 0.15) is 11.6 Å². The Kier molecular flexibility index (Phi) is 4.80. The maximum Gasteiger partial charge on any atom is 0.335 e. The minimum atomic E-state index is -0.976. The number of anilines is 1. The molecule has 0 saturated carbocycles. The van der Waals surface area contributed by atoms with E-state index < -0.39 is 5.97 Å². The average Bonchev–Trinajstić information content (AvgIpc) is 2.46. The molecule has 2 N–H and O–H groups in total. The Hall–Kier alpha value is -2.08. The molecule has 0 spiro atoms. The Morgan fingerprint density at radius 3 is 2.71 bits per heavy atom. The van der Waals surface area contributed by atoms with Crippen molar-refractivity contribution in [3.8, 4) is 5.75 Å². The van der Waals surface area contributed by atoms with E-state index in [4.69, 9.17) is 9.84 Å². The standard InChI is InChI=1S/C15H13BrFNO3/c1-21-14-7-11(17)4-5-13(14)18-8-10-3-2-9(15(19)20)6-12(10)16/h2-7,18H,8H2,1H3,(H,19,20). The number of halogens is 2. The summed E-state index contributed by atoms with van der Waals surface area (Å²) in [6, 6.07) is 9.02. The van der Waals surface area contributed by atoms with E-state index in [2.05, 4.69) is 21.2 Å². The number of hydrogen-bond donors (Lipinski definition) is 2. The summed E-state index contributed by atoms with van der Waals surface area (Å²) in [6.45, 7) is 0.447. The number of hydrogen-bond acceptors (Lipinski definition) is 3. The van der Waals surface area contributed by atoms with E-state index in [0.29, 0.717) is 22.5 Å². The fraction of sp³-hybridized carbons (Fsp3) is 0.133. The number of benzene rings is 2. The molecule has 110 valence electrons. The van der Waals surface area contributed by atoms with Crippen LogP contribution in [-0.4, -0.2) is 18.2 Å². The molecule has 0 bridgehead atoms. The van der Waals surface area contributed by atoms with Gasteiger partial charge in [0.15, 0.2) is 0 Å². The fourth-order valence-corrected chi connectivity index (χ4v) is 2.34. The van der Waals surface area contributed by atoms with Gasteiger partial charge in [-0.3, -0.25) is 0 Å². The van der Waals surface area contributed by atoms with Crippen molar-refractivity contribution in [2.75, 3.05) is 12.4 Å². The lowest BCUT2D eigenvalue weighted by atomic mass is 10.1. The topological polar surface area (TPSA) is 58.6 Å². The number of rotatable bonds is 5. The van der Waals surface area contributed by atoms with Crippen molar-refractivity contribution in [1.82, 2.24) is 0 Å². The Morgan fingerprint density at radius 1 is 1.33 bits per heavy atom. The molecule has 0 fully saturated rings. The molecule has 2 aromatic rings. The molecule has 0 aromatic heterocycles. The lowest BCUT2D eigenvalue weighted by Gasteiger charge is -2.12. The van der Waals surface area contributed by atoms with Crippen LogP contribution in [0.25, 0.3) is 0 Å². The first-order valence-electron chi connectivity index (χ1n) is 6.10. The largest absolute Gasteiger partial charge is 0.494 e. The first-order chi connectivity index (χ1) is 10.0. The number of ether oxygens (including phenoxy) is 1. The van der Waals surface area contributed by atoms with Gasteiger partial charge in [0.05, 0.1) is 18.4 Å². The first kappa shape index (κ1) is 15.3. The second-order valence-corrected chi connectivity index (χ2v) is 5.16. The highest BCUT2D eigenvalue weighted by Gasteiger charge is 2.08. The van der Waals surface area contributed by atoms with Crippen LogP contribution in [-0.2, 0) is 6.54 Å². The summed E-state index contributed by atoms with van der Waals surface area (Å²) in [5.41, 5.74) is 1.75. The Morgan fingerprint density at radius 2 is 2.10 bits per heavy atom. The smallest absolute Gasteiger partial charge is 0.335 e. The predicted molar refractivity (Wildman–Crippen MR) is 81.4 cm³/mol. The number of aromatic carboxylic acids is 1. The Balaban J connectivity index is 2.15. The first-order valence-corrected chi connectivity index (χ1v) is 6.89. The van der Waals surface area contributed by atoms with Gasteiger partial charge in [-0.1, -0.05) is 22.0 Å². The van der Waals surface area contributed by atoms with Gasteiger partial charge in [-0.15, -0.1) is 0 Å². The molecule has 0 aliphatic rings. The number of methoxy groups -OCH3 is 1. The van der Waals surface area contributed by atoms with Crippen LogP contribution in [0.1, 0.15) is 15.9 Å². The fourth-order valence-electron chi connectivity index (χ4n) is 1.83. The molecule has 2 aromatic carbocycles. The van der Waals surface area contributed by atoms with Crippen molar-refractivity contribution >= 4 is 27.6 Å². The lowest BCUT2D eigenvalue weighted by molar-refractivity contribution is 0.0697. The van der Waals surface area contributed by atoms with E-state index in [-0.39, 0.29) is 11.4 Å². The summed E-state index contributed by atoms with van der Waals surface area (Å²) in [5.74, 6) is -0.937. The SMILES string of the molecule is COc1cc(F)ccc1NCc1ccc(C(=O)O)cc1Br. The molecule has 0 saturated heterocycles. The Labute approximate surface area is 129 Å². The normalized spacial score (nSPS) is 10.2. The van der Waals surface area contributed by atoms with E-state index in [1.54, 1.807) is 18.2 Å². The summed E-state index contributed by atoms with van der Waals surface area (Å²) in [6.07, 6.45) is 0. The van der Waals surface area contributed by atoms with Gasteiger partial charge in [-0.05, 0) is 29.8 Å². The molecule has 0 radical (unpaired) electrons. The molecule has 0 aliphatic carbocycles. The summed E-state index contributed by atoms with van der Waals surface area (Å²) in [5, 5.41) is 12.0. The van der Waals surface area contributed by atoms with Gasteiger partial charge in [0.25, 0.3) is 0 Å². The van der Waals surface area contributed by atoms with Crippen molar-refractivity contribution in [2.45, 2.75) is 6.54 Å². The quantitative estimate of drug-likeness (QED) is 0.855. The van der Waals surface area contributed by atoms with Crippen molar-refractivity contribution < 1.29 is 19.0 Å². The molecule has 21 heavy (non-hydrogen) atoms. The molecule has 0 unspecified atom stereocenters. The van der Waals surface area contributed by atoms with Crippen LogP contribution in [0.5, 0.6) is 5.75 Å². The van der Waals surface area contributed by atoms with E-state index in [0.717, 1.165) is 5.56 Å². The molecule has 6 heteroatoms. The zero-order chi connectivity index (χ0) is 15.4. The van der Waals surface area contributed by atoms with Crippen LogP contribution in [0.2, 0.25) is 0 Å². The van der Waals surface area contributed by atoms with Gasteiger partial charge >= 0.3 is 5.97 Å². The van der Waals surface area contributed by atoms with Crippen LogP contribution < -0.4 is 10.1 Å². The third kappa shape index (κ3) is 3.72. The van der Waals surface area contributed by atoms with Crippen LogP contribution in [0.3, 0.4) is 0 Å². The minimum Gasteiger partial charge on any atom is -0.494 e. The molecule has 0 atom stereocenters. The van der Waals surface area contributed by atoms with Crippen molar-refractivity contribution in [3.63, 3.8) is 0 Å². The second kappa shape index (κ2) is 6.58. The van der Waals surface area contributed by atoms with Gasteiger partial charge in [0, 0.05) is 17.1 Å². The zero-order valence-corrected chi connectivity index (χ0v) is 12.8. The van der Waals surface area contributed by atoms with Gasteiger partial charge < -0.3 is 15.2 Å². The number of carboxylic acid groups (broad SMARTS) is 1. The van der Waals surface area contributed by atoms with Crippen molar-refractivity contribution in [2.24, 2.45) is 0 Å². The predicted octanol–water partition coefficient (Wildman–Crippen LogP) is 3.91. The van der Waals surface area contributed by atoms with Crippen LogP contribution in [0.4, 0.5) is 10.1 Å². The van der Waals surface area contributed by atoms with Gasteiger partial charge in [0.2, 0.25) is 0 Å². The van der Waals surface area contributed by atoms with Crippen LogP contribution in [0.15, 0.2) is 40.9 Å². The number of carbonyl (C=O) groups is 1. The van der Waals surface area contributed by atoms with E-state index >= 15 is 0 Å². The molecule has 0 heterocycles. The highest BCUT2D eigenvalue weighted by atomic mass is 79.9. The third-order valence-electron chi connectivity index (χ3n) is 2.93. The maximum atomic E-state index is 13.1. The summed E-state index contributed by atoms with van der Waals surface area (Å²) < 4.78 is 18.9. The molecule has 0 amide bonds. The molecular weight excluding hydrogens is 341 g/mol. The van der Waals surface area contributed by atoms with Crippen LogP contribution in [0, 0.1) is 5.82 Å². The van der Waals surface area contributed by atoms with E-state index in [1.807, 2.05) is 0 Å². The summed E-state index contributed by atoms with van der Waals surface area (Å²) >= 11 is 3.34. The monoisotopic (exact) mass is 353 g/mol. The van der Waals surface area contributed by atoms with Crippen molar-refractivity contribution in [1.29, 1.82) is 0 Å². The van der Waals surface area contributed by atoms with Crippen molar-refractivity contribution in [3.05, 3.63) is 57.8 Å². The average molecular weight is 354 g/mol. The Bertz CT molecular complexity index is 676. The number of nitrogens with one attached hydrogen (secondary N) is 1. The maximum absolute atomic E-state index is 13.1. The molecular formula is C15H13BrFNO3. The van der Waals surface area contributed by atoms with E-state index in [1.165, 1.54) is 25.3 Å². The zero-order valence-electron chi connectivity index (χ0n) is 11.2. The summed E-state index contributed by atoms with van der Waals surface area (Å²) in [4.78, 5) is 10.9. The third-order valence-corrected chi connectivity index (χ3v) is 3.67. The van der Waals surface area contributed by atoms with E-state index in [9.17, 15) is 9.18 Å². The summed E-state index contributed by atoms with van der Waals surface area (Å²) in [7, 11) is 1.47. The highest BCUT2D eigenvalue weighted by Crippen LogP contribution is 2.26. The number of carboxylic acids is 1. The van der Waals surface area contributed by atoms with Crippen LogP contribution >= 0.6 is 15.9 Å². The molecule has 4 nitrogen and oxygen atoms in total. The van der Waals surface area contributed by atoms with Gasteiger partial charge in [-0.25, -0.2) is 9.18 Å². The molecule has 2 rings (SSSR count). The minimum absolute atomic E-state index is 0.213.